The predicted octanol–water partition coefficient (Wildman–Crippen LogP) is 4.77. The number of aromatic nitrogens is 2. The van der Waals surface area contributed by atoms with Gasteiger partial charge in [-0.2, -0.15) is 18.3 Å². The average Bonchev–Trinajstić information content (AvgIpc) is 3.01. The zero-order valence-electron chi connectivity index (χ0n) is 13.0. The van der Waals surface area contributed by atoms with Crippen LogP contribution in [0, 0.1) is 17.0 Å². The lowest BCUT2D eigenvalue weighted by molar-refractivity contribution is -0.385. The smallest absolute Gasteiger partial charge is 0.258 e. The van der Waals surface area contributed by atoms with Crippen LogP contribution in [0.3, 0.4) is 0 Å². The van der Waals surface area contributed by atoms with E-state index in [1.54, 1.807) is 43.3 Å². The molecule has 8 heteroatoms. The summed E-state index contributed by atoms with van der Waals surface area (Å²) in [5, 5.41) is 14.8. The molecule has 1 aromatic heterocycles. The van der Waals surface area contributed by atoms with Gasteiger partial charge in [-0.25, -0.2) is 4.68 Å². The van der Waals surface area contributed by atoms with Gasteiger partial charge in [-0.3, -0.25) is 10.1 Å². The standard InChI is InChI=1S/C17H12F3N3O2/c1-11-7-8-12(9-14(11)23(24)25)15-10-16(17(18,19)20)21-22(15)13-5-3-2-4-6-13/h2-10H,1H3. The summed E-state index contributed by atoms with van der Waals surface area (Å²) >= 11 is 0. The molecule has 0 spiro atoms. The van der Waals surface area contributed by atoms with Crippen LogP contribution >= 0.6 is 0 Å². The minimum atomic E-state index is -4.62. The number of alkyl halides is 3. The van der Waals surface area contributed by atoms with Gasteiger partial charge in [0.15, 0.2) is 5.69 Å². The molecule has 0 N–H and O–H groups in total. The van der Waals surface area contributed by atoms with Crippen molar-refractivity contribution in [2.45, 2.75) is 13.1 Å². The van der Waals surface area contributed by atoms with Crippen LogP contribution in [-0.2, 0) is 6.18 Å². The lowest BCUT2D eigenvalue weighted by Crippen LogP contribution is -2.07. The number of nitro benzene ring substituents is 1. The molecular formula is C17H12F3N3O2. The molecule has 25 heavy (non-hydrogen) atoms. The Morgan fingerprint density at radius 1 is 1.08 bits per heavy atom. The van der Waals surface area contributed by atoms with Gasteiger partial charge in [0.1, 0.15) is 0 Å². The largest absolute Gasteiger partial charge is 0.435 e. The molecule has 0 fully saturated rings. The molecule has 0 aliphatic rings. The number of benzene rings is 2. The summed E-state index contributed by atoms with van der Waals surface area (Å²) in [6.45, 7) is 1.57. The SMILES string of the molecule is Cc1ccc(-c2cc(C(F)(F)F)nn2-c2ccccc2)cc1[N+](=O)[O-]. The van der Waals surface area contributed by atoms with Crippen LogP contribution in [0.25, 0.3) is 16.9 Å². The lowest BCUT2D eigenvalue weighted by Gasteiger charge is -2.08. The van der Waals surface area contributed by atoms with Gasteiger partial charge in [-0.05, 0) is 25.1 Å². The molecule has 0 radical (unpaired) electrons. The van der Waals surface area contributed by atoms with Crippen molar-refractivity contribution in [3.05, 3.63) is 76.0 Å². The van der Waals surface area contributed by atoms with Crippen LogP contribution in [0.15, 0.2) is 54.6 Å². The average molecular weight is 347 g/mol. The second-order valence-electron chi connectivity index (χ2n) is 5.42. The number of nitro groups is 1. The van der Waals surface area contributed by atoms with Gasteiger partial charge in [-0.15, -0.1) is 0 Å². The first-order valence-electron chi connectivity index (χ1n) is 7.25. The van der Waals surface area contributed by atoms with E-state index in [0.717, 1.165) is 10.7 Å². The number of nitrogens with zero attached hydrogens (tertiary/aromatic N) is 3. The van der Waals surface area contributed by atoms with Crippen molar-refractivity contribution in [2.24, 2.45) is 0 Å². The molecule has 0 atom stereocenters. The first kappa shape index (κ1) is 16.7. The van der Waals surface area contributed by atoms with E-state index in [2.05, 4.69) is 5.10 Å². The Balaban J connectivity index is 2.23. The number of para-hydroxylation sites is 1. The van der Waals surface area contributed by atoms with E-state index < -0.39 is 16.8 Å². The van der Waals surface area contributed by atoms with Crippen LogP contribution in [0.5, 0.6) is 0 Å². The van der Waals surface area contributed by atoms with Crippen LogP contribution in [0.4, 0.5) is 18.9 Å². The minimum absolute atomic E-state index is 0.127. The van der Waals surface area contributed by atoms with Gasteiger partial charge in [0.25, 0.3) is 5.69 Å². The van der Waals surface area contributed by atoms with E-state index in [0.29, 0.717) is 11.3 Å². The van der Waals surface area contributed by atoms with Gasteiger partial charge >= 0.3 is 6.18 Å². The second kappa shape index (κ2) is 6.04. The molecule has 0 bridgehead atoms. The highest BCUT2D eigenvalue weighted by Gasteiger charge is 2.35. The van der Waals surface area contributed by atoms with Crippen molar-refractivity contribution in [3.63, 3.8) is 0 Å². The molecule has 3 rings (SSSR count). The van der Waals surface area contributed by atoms with Crippen molar-refractivity contribution in [1.29, 1.82) is 0 Å². The maximum absolute atomic E-state index is 13.1. The molecule has 0 amide bonds. The Morgan fingerprint density at radius 3 is 2.36 bits per heavy atom. The highest BCUT2D eigenvalue weighted by atomic mass is 19.4. The predicted molar refractivity (Wildman–Crippen MR) is 85.4 cm³/mol. The number of hydrogen-bond acceptors (Lipinski definition) is 3. The van der Waals surface area contributed by atoms with Crippen LogP contribution in [0.2, 0.25) is 0 Å². The van der Waals surface area contributed by atoms with E-state index in [1.165, 1.54) is 12.1 Å². The van der Waals surface area contributed by atoms with Gasteiger partial charge in [0, 0.05) is 17.2 Å². The summed E-state index contributed by atoms with van der Waals surface area (Å²) in [6, 6.07) is 13.5. The Kier molecular flexibility index (Phi) is 4.03. The molecule has 1 heterocycles. The Bertz CT molecular complexity index is 934. The number of halogens is 3. The summed E-state index contributed by atoms with van der Waals surface area (Å²) in [6.07, 6.45) is -4.62. The first-order chi connectivity index (χ1) is 11.8. The third-order valence-corrected chi connectivity index (χ3v) is 3.70. The van der Waals surface area contributed by atoms with Crippen molar-refractivity contribution in [2.75, 3.05) is 0 Å². The van der Waals surface area contributed by atoms with Crippen molar-refractivity contribution < 1.29 is 18.1 Å². The van der Waals surface area contributed by atoms with Gasteiger partial charge in [0.05, 0.1) is 16.3 Å². The summed E-state index contributed by atoms with van der Waals surface area (Å²) in [4.78, 5) is 10.6. The topological polar surface area (TPSA) is 61.0 Å². The molecule has 5 nitrogen and oxygen atoms in total. The number of rotatable bonds is 3. The maximum atomic E-state index is 13.1. The molecule has 2 aromatic carbocycles. The number of hydrogen-bond donors (Lipinski definition) is 0. The van der Waals surface area contributed by atoms with Gasteiger partial charge in [0.2, 0.25) is 0 Å². The summed E-state index contributed by atoms with van der Waals surface area (Å²) in [5.74, 6) is 0. The fraction of sp³-hybridized carbons (Fsp3) is 0.118. The normalized spacial score (nSPS) is 11.5. The highest BCUT2D eigenvalue weighted by molar-refractivity contribution is 5.67. The van der Waals surface area contributed by atoms with Crippen LogP contribution in [-0.4, -0.2) is 14.7 Å². The maximum Gasteiger partial charge on any atom is 0.435 e. The second-order valence-corrected chi connectivity index (χ2v) is 5.42. The van der Waals surface area contributed by atoms with E-state index in [-0.39, 0.29) is 16.9 Å². The van der Waals surface area contributed by atoms with E-state index in [4.69, 9.17) is 0 Å². The van der Waals surface area contributed by atoms with Crippen LogP contribution in [0.1, 0.15) is 11.3 Å². The van der Waals surface area contributed by atoms with Gasteiger partial charge in [-0.1, -0.05) is 30.3 Å². The number of aryl methyl sites for hydroxylation is 1. The van der Waals surface area contributed by atoms with E-state index >= 15 is 0 Å². The first-order valence-corrected chi connectivity index (χ1v) is 7.25. The minimum Gasteiger partial charge on any atom is -0.258 e. The Labute approximate surface area is 140 Å². The van der Waals surface area contributed by atoms with Crippen molar-refractivity contribution in [3.8, 4) is 16.9 Å². The van der Waals surface area contributed by atoms with E-state index in [9.17, 15) is 23.3 Å². The molecule has 0 saturated heterocycles. The van der Waals surface area contributed by atoms with E-state index in [1.807, 2.05) is 0 Å². The molecule has 0 saturated carbocycles. The molecular weight excluding hydrogens is 335 g/mol. The quantitative estimate of drug-likeness (QED) is 0.506. The molecule has 0 aliphatic carbocycles. The fourth-order valence-electron chi connectivity index (χ4n) is 2.46. The Morgan fingerprint density at radius 2 is 1.76 bits per heavy atom. The zero-order chi connectivity index (χ0) is 18.2. The van der Waals surface area contributed by atoms with Gasteiger partial charge < -0.3 is 0 Å². The monoisotopic (exact) mass is 347 g/mol. The summed E-state index contributed by atoms with van der Waals surface area (Å²) < 4.78 is 40.4. The van der Waals surface area contributed by atoms with Crippen LogP contribution < -0.4 is 0 Å². The molecule has 128 valence electrons. The molecule has 0 aliphatic heterocycles. The third kappa shape index (κ3) is 3.23. The highest BCUT2D eigenvalue weighted by Crippen LogP contribution is 2.34. The lowest BCUT2D eigenvalue weighted by atomic mass is 10.1. The zero-order valence-corrected chi connectivity index (χ0v) is 13.0. The van der Waals surface area contributed by atoms with Crippen molar-refractivity contribution in [1.82, 2.24) is 9.78 Å². The summed E-state index contributed by atoms with van der Waals surface area (Å²) in [7, 11) is 0. The molecule has 3 aromatic rings. The summed E-state index contributed by atoms with van der Waals surface area (Å²) in [5.41, 5.74) is 0.0408. The third-order valence-electron chi connectivity index (χ3n) is 3.70. The van der Waals surface area contributed by atoms with Crippen molar-refractivity contribution >= 4 is 5.69 Å². The fourth-order valence-corrected chi connectivity index (χ4v) is 2.46. The Hall–Kier alpha value is -3.16. The molecule has 0 unspecified atom stereocenters.